The fraction of sp³-hybridized carbons (Fsp3) is 0.261. The number of amides is 1. The number of rotatable bonds is 7. The molecular weight excluding hydrogens is 536 g/mol. The molecule has 7 nitrogen and oxygen atoms in total. The molecule has 1 amide bonds. The summed E-state index contributed by atoms with van der Waals surface area (Å²) in [6.07, 6.45) is 0. The van der Waals surface area contributed by atoms with Gasteiger partial charge in [0.1, 0.15) is 11.5 Å². The van der Waals surface area contributed by atoms with Crippen LogP contribution in [0.2, 0.25) is 0 Å². The van der Waals surface area contributed by atoms with Crippen LogP contribution in [0.25, 0.3) is 10.1 Å². The average Bonchev–Trinajstić information content (AvgIpc) is 3.12. The number of esters is 2. The third-order valence-electron chi connectivity index (χ3n) is 4.58. The van der Waals surface area contributed by atoms with E-state index in [1.807, 2.05) is 0 Å². The van der Waals surface area contributed by atoms with Crippen molar-refractivity contribution >= 4 is 55.2 Å². The van der Waals surface area contributed by atoms with Crippen LogP contribution in [0.15, 0.2) is 34.8 Å². The number of hydrogen-bond donors (Lipinski definition) is 1. The highest BCUT2D eigenvalue weighted by molar-refractivity contribution is 9.10. The summed E-state index contributed by atoms with van der Waals surface area (Å²) >= 11 is 4.50. The smallest absolute Gasteiger partial charge is 0.351 e. The Balaban J connectivity index is 1.89. The Morgan fingerprint density at radius 2 is 1.74 bits per heavy atom. The molecule has 0 unspecified atom stereocenters. The number of fused-ring (bicyclic) bond motifs is 1. The Labute approximate surface area is 205 Å². The third kappa shape index (κ3) is 5.53. The second-order valence-corrected chi connectivity index (χ2v) is 10.1. The first-order chi connectivity index (χ1) is 15.9. The van der Waals surface area contributed by atoms with Crippen molar-refractivity contribution in [3.05, 3.63) is 62.4 Å². The van der Waals surface area contributed by atoms with Crippen molar-refractivity contribution in [2.45, 2.75) is 27.4 Å². The van der Waals surface area contributed by atoms with Gasteiger partial charge in [-0.15, -0.1) is 11.3 Å². The maximum atomic E-state index is 14.4. The Bertz CT molecular complexity index is 1260. The van der Waals surface area contributed by atoms with Gasteiger partial charge in [0, 0.05) is 25.7 Å². The van der Waals surface area contributed by atoms with Crippen molar-refractivity contribution in [2.24, 2.45) is 11.1 Å². The third-order valence-corrected chi connectivity index (χ3v) is 6.42. The van der Waals surface area contributed by atoms with Gasteiger partial charge in [0.15, 0.2) is 17.4 Å². The monoisotopic (exact) mass is 555 g/mol. The van der Waals surface area contributed by atoms with Crippen molar-refractivity contribution in [3.63, 3.8) is 0 Å². The van der Waals surface area contributed by atoms with E-state index in [4.69, 9.17) is 19.9 Å². The predicted octanol–water partition coefficient (Wildman–Crippen LogP) is 5.32. The average molecular weight is 556 g/mol. The topological polar surface area (TPSA) is 105 Å². The number of halogens is 3. The van der Waals surface area contributed by atoms with E-state index in [9.17, 15) is 23.2 Å². The zero-order valence-electron chi connectivity index (χ0n) is 18.4. The molecule has 3 aromatic rings. The number of thiophene rings is 1. The van der Waals surface area contributed by atoms with Crippen LogP contribution in [0, 0.1) is 17.0 Å². The molecule has 3 rings (SSSR count). The van der Waals surface area contributed by atoms with Gasteiger partial charge < -0.3 is 19.9 Å². The molecule has 0 atom stereocenters. The Hall–Kier alpha value is -3.05. The molecule has 180 valence electrons. The van der Waals surface area contributed by atoms with E-state index in [1.54, 1.807) is 39.0 Å². The first-order valence-electron chi connectivity index (χ1n) is 9.86. The maximum Gasteiger partial charge on any atom is 0.351 e. The van der Waals surface area contributed by atoms with E-state index >= 15 is 0 Å². The number of ether oxygens (including phenoxy) is 3. The summed E-state index contributed by atoms with van der Waals surface area (Å²) in [5.41, 5.74) is 4.27. The Morgan fingerprint density at radius 3 is 2.32 bits per heavy atom. The van der Waals surface area contributed by atoms with Crippen molar-refractivity contribution in [1.82, 2.24) is 0 Å². The summed E-state index contributed by atoms with van der Waals surface area (Å²) in [6, 6.07) is 6.78. The molecule has 0 radical (unpaired) electrons. The van der Waals surface area contributed by atoms with Crippen LogP contribution in [-0.2, 0) is 20.9 Å². The first kappa shape index (κ1) is 25.6. The van der Waals surface area contributed by atoms with Gasteiger partial charge in [-0.05, 0) is 45.0 Å². The molecule has 0 aliphatic carbocycles. The van der Waals surface area contributed by atoms with Crippen molar-refractivity contribution in [3.8, 4) is 5.75 Å². The molecule has 1 aromatic heterocycles. The SMILES string of the molecule is CC(C)(C)C(=O)OCOC(=O)c1sc2cccc(Br)c2c1COc1c(F)cc(C(N)=O)cc1F. The number of carbonyl (C=O) groups excluding carboxylic acids is 3. The summed E-state index contributed by atoms with van der Waals surface area (Å²) in [7, 11) is 0. The Kier molecular flexibility index (Phi) is 7.57. The molecule has 0 saturated carbocycles. The molecule has 0 aliphatic rings. The van der Waals surface area contributed by atoms with E-state index in [-0.39, 0.29) is 10.4 Å². The highest BCUT2D eigenvalue weighted by Gasteiger charge is 2.26. The lowest BCUT2D eigenvalue weighted by molar-refractivity contribution is -0.161. The molecule has 2 aromatic carbocycles. The van der Waals surface area contributed by atoms with Crippen LogP contribution < -0.4 is 10.5 Å². The second kappa shape index (κ2) is 10.1. The van der Waals surface area contributed by atoms with Gasteiger partial charge in [-0.3, -0.25) is 9.59 Å². The normalized spacial score (nSPS) is 11.4. The summed E-state index contributed by atoms with van der Waals surface area (Å²) in [5.74, 6) is -5.30. The van der Waals surface area contributed by atoms with Crippen LogP contribution >= 0.6 is 27.3 Å². The van der Waals surface area contributed by atoms with Gasteiger partial charge in [-0.1, -0.05) is 22.0 Å². The first-order valence-corrected chi connectivity index (χ1v) is 11.5. The zero-order chi connectivity index (χ0) is 25.2. The molecule has 0 bridgehead atoms. The minimum Gasteiger partial charge on any atom is -0.483 e. The van der Waals surface area contributed by atoms with Crippen LogP contribution in [0.5, 0.6) is 5.75 Å². The van der Waals surface area contributed by atoms with Crippen LogP contribution in [-0.4, -0.2) is 24.6 Å². The highest BCUT2D eigenvalue weighted by Crippen LogP contribution is 2.38. The maximum absolute atomic E-state index is 14.4. The van der Waals surface area contributed by atoms with Gasteiger partial charge in [-0.2, -0.15) is 0 Å². The summed E-state index contributed by atoms with van der Waals surface area (Å²) < 4.78 is 45.5. The predicted molar refractivity (Wildman–Crippen MR) is 125 cm³/mol. The number of benzene rings is 2. The highest BCUT2D eigenvalue weighted by atomic mass is 79.9. The molecule has 1 heterocycles. The molecule has 0 spiro atoms. The number of nitrogens with two attached hydrogens (primary N) is 1. The minimum absolute atomic E-state index is 0.114. The van der Waals surface area contributed by atoms with Gasteiger partial charge in [0.2, 0.25) is 12.7 Å². The fourth-order valence-corrected chi connectivity index (χ4v) is 4.74. The van der Waals surface area contributed by atoms with E-state index in [2.05, 4.69) is 15.9 Å². The standard InChI is InChI=1S/C23H20BrF2NO6S/c1-23(2,3)22(30)33-10-32-21(29)19-12(17-13(24)5-4-6-16(17)34-19)9-31-18-14(25)7-11(20(27)28)8-15(18)26/h4-8H,9-10H2,1-3H3,(H2,27,28). The lowest BCUT2D eigenvalue weighted by Gasteiger charge is -2.16. The van der Waals surface area contributed by atoms with E-state index < -0.39 is 54.0 Å². The van der Waals surface area contributed by atoms with Gasteiger partial charge in [0.25, 0.3) is 0 Å². The number of carbonyl (C=O) groups is 3. The van der Waals surface area contributed by atoms with Crippen LogP contribution in [0.4, 0.5) is 8.78 Å². The molecule has 0 aliphatic heterocycles. The van der Waals surface area contributed by atoms with Crippen molar-refractivity contribution < 1.29 is 37.4 Å². The quantitative estimate of drug-likeness (QED) is 0.312. The molecule has 2 N–H and O–H groups in total. The minimum atomic E-state index is -1.12. The summed E-state index contributed by atoms with van der Waals surface area (Å²) in [4.78, 5) is 36.0. The number of primary amides is 1. The second-order valence-electron chi connectivity index (χ2n) is 8.18. The molecule has 0 fully saturated rings. The lowest BCUT2D eigenvalue weighted by Crippen LogP contribution is -2.24. The van der Waals surface area contributed by atoms with Gasteiger partial charge in [0.05, 0.1) is 5.41 Å². The molecular formula is C23H20BrF2NO6S. The number of hydrogen-bond acceptors (Lipinski definition) is 7. The molecule has 34 heavy (non-hydrogen) atoms. The van der Waals surface area contributed by atoms with Gasteiger partial charge in [-0.25, -0.2) is 13.6 Å². The Morgan fingerprint density at radius 1 is 1.09 bits per heavy atom. The lowest BCUT2D eigenvalue weighted by atomic mass is 9.98. The van der Waals surface area contributed by atoms with Gasteiger partial charge >= 0.3 is 11.9 Å². The fourth-order valence-electron chi connectivity index (χ4n) is 2.87. The van der Waals surface area contributed by atoms with Crippen molar-refractivity contribution in [1.29, 1.82) is 0 Å². The molecule has 0 saturated heterocycles. The largest absolute Gasteiger partial charge is 0.483 e. The summed E-state index contributed by atoms with van der Waals surface area (Å²) in [5, 5.41) is 0.598. The van der Waals surface area contributed by atoms with E-state index in [0.717, 1.165) is 23.5 Å². The summed E-state index contributed by atoms with van der Waals surface area (Å²) in [6.45, 7) is 3.99. The van der Waals surface area contributed by atoms with Crippen molar-refractivity contribution in [2.75, 3.05) is 6.79 Å². The van der Waals surface area contributed by atoms with E-state index in [0.29, 0.717) is 20.1 Å². The van der Waals surface area contributed by atoms with Crippen LogP contribution in [0.1, 0.15) is 46.4 Å². The van der Waals surface area contributed by atoms with E-state index in [1.165, 1.54) is 0 Å². The zero-order valence-corrected chi connectivity index (χ0v) is 20.8. The molecule has 11 heteroatoms. The van der Waals surface area contributed by atoms with Crippen LogP contribution in [0.3, 0.4) is 0 Å².